The minimum Gasteiger partial charge on any atom is -0.378 e. The summed E-state index contributed by atoms with van der Waals surface area (Å²) >= 11 is 0. The van der Waals surface area contributed by atoms with Crippen LogP contribution >= 0.6 is 0 Å². The zero-order chi connectivity index (χ0) is 30.6. The van der Waals surface area contributed by atoms with Crippen LogP contribution in [0, 0.1) is 5.82 Å². The zero-order valence-electron chi connectivity index (χ0n) is 24.3. The zero-order valence-corrected chi connectivity index (χ0v) is 24.3. The Balaban J connectivity index is 1.25. The van der Waals surface area contributed by atoms with E-state index >= 15 is 4.39 Å². The number of pyridine rings is 1. The second kappa shape index (κ2) is 12.4. The average Bonchev–Trinajstić information content (AvgIpc) is 3.05. The van der Waals surface area contributed by atoms with Gasteiger partial charge in [0, 0.05) is 78.6 Å². The van der Waals surface area contributed by atoms with E-state index in [-0.39, 0.29) is 11.7 Å². The molecule has 1 fully saturated rings. The summed E-state index contributed by atoms with van der Waals surface area (Å²) < 4.78 is 20.9. The number of halogens is 1. The van der Waals surface area contributed by atoms with Gasteiger partial charge in [0.05, 0.1) is 18.7 Å². The van der Waals surface area contributed by atoms with E-state index in [4.69, 9.17) is 14.7 Å². The first-order valence-corrected chi connectivity index (χ1v) is 14.1. The molecular weight excluding hydrogens is 561 g/mol. The van der Waals surface area contributed by atoms with Gasteiger partial charge in [0.15, 0.2) is 5.82 Å². The molecule has 3 aromatic carbocycles. The van der Waals surface area contributed by atoms with Gasteiger partial charge in [-0.1, -0.05) is 6.07 Å². The van der Waals surface area contributed by atoms with E-state index in [0.717, 1.165) is 5.56 Å². The van der Waals surface area contributed by atoms with E-state index in [9.17, 15) is 9.59 Å². The average molecular weight is 592 g/mol. The molecule has 10 nitrogen and oxygen atoms in total. The normalized spacial score (nSPS) is 13.0. The van der Waals surface area contributed by atoms with Crippen molar-refractivity contribution >= 4 is 40.0 Å². The number of carbonyl (C=O) groups is 2. The van der Waals surface area contributed by atoms with Gasteiger partial charge >= 0.3 is 6.03 Å². The molecule has 222 valence electrons. The van der Waals surface area contributed by atoms with Gasteiger partial charge < -0.3 is 25.2 Å². The summed E-state index contributed by atoms with van der Waals surface area (Å²) in [5, 5.41) is 6.20. The van der Waals surface area contributed by atoms with E-state index < -0.39 is 6.03 Å². The highest BCUT2D eigenvalue weighted by molar-refractivity contribution is 6.00. The number of anilines is 3. The third kappa shape index (κ3) is 6.18. The Bertz CT molecular complexity index is 1810. The maximum atomic E-state index is 15.4. The van der Waals surface area contributed by atoms with Crippen LogP contribution in [-0.4, -0.2) is 72.2 Å². The highest BCUT2D eigenvalue weighted by Crippen LogP contribution is 2.33. The fourth-order valence-corrected chi connectivity index (χ4v) is 4.97. The molecule has 3 amide bonds. The highest BCUT2D eigenvalue weighted by Gasteiger charge is 2.20. The van der Waals surface area contributed by atoms with Crippen LogP contribution in [0.5, 0.6) is 0 Å². The standard InChI is InChI=1S/C33H30FN7O3/c1-40(2)32(42)22-7-11-25(12-8-22)37-33(43)36-24-9-5-21(6-10-24)30-38-29-19-26(23-4-3-13-35-20-23)28(34)18-27(29)31(39-30)41-14-16-44-17-15-41/h3-13,18-20H,14-17H2,1-2H3,(H2,36,37,43). The molecule has 0 atom stereocenters. The van der Waals surface area contributed by atoms with Gasteiger partial charge in [0.2, 0.25) is 0 Å². The molecule has 5 aromatic rings. The maximum absolute atomic E-state index is 15.4. The number of hydrogen-bond donors (Lipinski definition) is 2. The van der Waals surface area contributed by atoms with Crippen LogP contribution < -0.4 is 15.5 Å². The van der Waals surface area contributed by atoms with E-state index in [1.54, 1.807) is 75.0 Å². The van der Waals surface area contributed by atoms with E-state index in [1.165, 1.54) is 11.0 Å². The second-order valence-electron chi connectivity index (χ2n) is 10.5. The predicted octanol–water partition coefficient (Wildman–Crippen LogP) is 5.68. The summed E-state index contributed by atoms with van der Waals surface area (Å²) in [5.74, 6) is 0.633. The molecule has 3 heterocycles. The number of urea groups is 1. The van der Waals surface area contributed by atoms with Crippen molar-refractivity contribution in [2.24, 2.45) is 0 Å². The summed E-state index contributed by atoms with van der Waals surface area (Å²) in [6, 6.07) is 20.2. The lowest BCUT2D eigenvalue weighted by molar-refractivity contribution is 0.0827. The molecular formula is C33H30FN7O3. The molecule has 0 radical (unpaired) electrons. The first-order chi connectivity index (χ1) is 21.4. The number of benzene rings is 3. The number of ether oxygens (including phenoxy) is 1. The van der Waals surface area contributed by atoms with Gasteiger partial charge in [-0.15, -0.1) is 0 Å². The molecule has 6 rings (SSSR count). The Labute approximate surface area is 253 Å². The van der Waals surface area contributed by atoms with Crippen molar-refractivity contribution in [3.8, 4) is 22.5 Å². The lowest BCUT2D eigenvalue weighted by Crippen LogP contribution is -2.37. The molecule has 0 spiro atoms. The number of nitrogens with zero attached hydrogens (tertiary/aromatic N) is 5. The summed E-state index contributed by atoms with van der Waals surface area (Å²) in [7, 11) is 3.37. The summed E-state index contributed by atoms with van der Waals surface area (Å²) in [5.41, 5.74) is 4.07. The van der Waals surface area contributed by atoms with Crippen LogP contribution in [-0.2, 0) is 4.74 Å². The largest absolute Gasteiger partial charge is 0.378 e. The maximum Gasteiger partial charge on any atom is 0.323 e. The van der Waals surface area contributed by atoms with Crippen molar-refractivity contribution in [3.63, 3.8) is 0 Å². The van der Waals surface area contributed by atoms with Crippen LogP contribution in [0.2, 0.25) is 0 Å². The molecule has 0 aliphatic carbocycles. The lowest BCUT2D eigenvalue weighted by atomic mass is 10.0. The monoisotopic (exact) mass is 591 g/mol. The molecule has 44 heavy (non-hydrogen) atoms. The molecule has 2 aromatic heterocycles. The van der Waals surface area contributed by atoms with Crippen LogP contribution in [0.3, 0.4) is 0 Å². The Kier molecular flexibility index (Phi) is 8.11. The third-order valence-corrected chi connectivity index (χ3v) is 7.24. The van der Waals surface area contributed by atoms with Gasteiger partial charge in [0.1, 0.15) is 11.6 Å². The minimum atomic E-state index is -0.425. The van der Waals surface area contributed by atoms with Crippen molar-refractivity contribution in [1.29, 1.82) is 0 Å². The predicted molar refractivity (Wildman–Crippen MR) is 168 cm³/mol. The van der Waals surface area contributed by atoms with Crippen LogP contribution in [0.1, 0.15) is 10.4 Å². The Hall–Kier alpha value is -5.42. The number of rotatable bonds is 6. The van der Waals surface area contributed by atoms with Crippen molar-refractivity contribution < 1.29 is 18.7 Å². The van der Waals surface area contributed by atoms with Crippen molar-refractivity contribution in [2.45, 2.75) is 0 Å². The lowest BCUT2D eigenvalue weighted by Gasteiger charge is -2.29. The Morgan fingerprint density at radius 2 is 1.57 bits per heavy atom. The molecule has 1 aliphatic rings. The molecule has 1 aliphatic heterocycles. The van der Waals surface area contributed by atoms with Crippen LogP contribution in [0.4, 0.5) is 26.4 Å². The summed E-state index contributed by atoms with van der Waals surface area (Å²) in [6.07, 6.45) is 3.27. The fourth-order valence-electron chi connectivity index (χ4n) is 4.97. The first-order valence-electron chi connectivity index (χ1n) is 14.1. The van der Waals surface area contributed by atoms with Crippen molar-refractivity contribution in [2.75, 3.05) is 55.9 Å². The van der Waals surface area contributed by atoms with Gasteiger partial charge in [-0.3, -0.25) is 9.78 Å². The fraction of sp³-hybridized carbons (Fsp3) is 0.182. The Morgan fingerprint density at radius 1 is 0.886 bits per heavy atom. The topological polar surface area (TPSA) is 113 Å². The van der Waals surface area contributed by atoms with E-state index in [2.05, 4.69) is 20.5 Å². The summed E-state index contributed by atoms with van der Waals surface area (Å²) in [4.78, 5) is 42.1. The van der Waals surface area contributed by atoms with Gasteiger partial charge in [-0.05, 0) is 66.7 Å². The number of carbonyl (C=O) groups excluding carboxylic acids is 2. The van der Waals surface area contributed by atoms with Crippen LogP contribution in [0.25, 0.3) is 33.4 Å². The number of morpholine rings is 1. The van der Waals surface area contributed by atoms with E-state index in [1.807, 2.05) is 18.2 Å². The molecule has 0 unspecified atom stereocenters. The highest BCUT2D eigenvalue weighted by atomic mass is 19.1. The smallest absolute Gasteiger partial charge is 0.323 e. The number of hydrogen-bond acceptors (Lipinski definition) is 7. The van der Waals surface area contributed by atoms with Crippen molar-refractivity contribution in [1.82, 2.24) is 19.9 Å². The van der Waals surface area contributed by atoms with Crippen LogP contribution in [0.15, 0.2) is 85.2 Å². The quantitative estimate of drug-likeness (QED) is 0.261. The van der Waals surface area contributed by atoms with E-state index in [0.29, 0.717) is 76.9 Å². The number of amides is 3. The minimum absolute atomic E-state index is 0.116. The number of aromatic nitrogens is 3. The summed E-state index contributed by atoms with van der Waals surface area (Å²) in [6.45, 7) is 2.37. The van der Waals surface area contributed by atoms with Crippen molar-refractivity contribution in [3.05, 3.63) is 96.6 Å². The number of nitrogens with one attached hydrogen (secondary N) is 2. The Morgan fingerprint density at radius 3 is 2.20 bits per heavy atom. The molecule has 11 heteroatoms. The molecule has 2 N–H and O–H groups in total. The second-order valence-corrected chi connectivity index (χ2v) is 10.5. The molecule has 0 saturated carbocycles. The molecule has 1 saturated heterocycles. The SMILES string of the molecule is CN(C)C(=O)c1ccc(NC(=O)Nc2ccc(-c3nc(N4CCOCC4)c4cc(F)c(-c5cccnc5)cc4n3)cc2)cc1. The number of fused-ring (bicyclic) bond motifs is 1. The van der Waals surface area contributed by atoms with Gasteiger partial charge in [0.25, 0.3) is 5.91 Å². The molecule has 0 bridgehead atoms. The van der Waals surface area contributed by atoms with Gasteiger partial charge in [-0.25, -0.2) is 19.2 Å². The van der Waals surface area contributed by atoms with Gasteiger partial charge in [-0.2, -0.15) is 0 Å². The first kappa shape index (κ1) is 28.7. The third-order valence-electron chi connectivity index (χ3n) is 7.24.